The molecule has 0 saturated carbocycles. The van der Waals surface area contributed by atoms with Crippen molar-refractivity contribution in [3.8, 4) is 11.5 Å². The molecule has 0 bridgehead atoms. The van der Waals surface area contributed by atoms with Crippen LogP contribution in [-0.2, 0) is 4.79 Å². The van der Waals surface area contributed by atoms with Gasteiger partial charge in [-0.2, -0.15) is 0 Å². The fourth-order valence-electron chi connectivity index (χ4n) is 1.72. The molecule has 7 heteroatoms. The number of urea groups is 1. The van der Waals surface area contributed by atoms with E-state index in [0.717, 1.165) is 0 Å². The molecule has 2 N–H and O–H groups in total. The molecule has 0 atom stereocenters. The molecule has 0 aromatic heterocycles. The Morgan fingerprint density at radius 2 is 2.05 bits per heavy atom. The van der Waals surface area contributed by atoms with Crippen LogP contribution in [-0.4, -0.2) is 25.7 Å². The SMILES string of the molecule is C=CCOc1cc(Br)c(/C=C2/NC(=O)NC2=O)cc1OC. The zero-order chi connectivity index (χ0) is 15.4. The molecule has 1 saturated heterocycles. The van der Waals surface area contributed by atoms with E-state index in [2.05, 4.69) is 33.1 Å². The molecule has 1 aromatic rings. The van der Waals surface area contributed by atoms with Gasteiger partial charge in [0.15, 0.2) is 11.5 Å². The molecule has 3 amide bonds. The van der Waals surface area contributed by atoms with E-state index in [1.54, 1.807) is 24.3 Å². The van der Waals surface area contributed by atoms with E-state index in [0.29, 0.717) is 28.1 Å². The minimum absolute atomic E-state index is 0.169. The van der Waals surface area contributed by atoms with Gasteiger partial charge in [0.1, 0.15) is 12.3 Å². The summed E-state index contributed by atoms with van der Waals surface area (Å²) in [4.78, 5) is 22.6. The van der Waals surface area contributed by atoms with Gasteiger partial charge in [-0.3, -0.25) is 10.1 Å². The van der Waals surface area contributed by atoms with Crippen LogP contribution in [0.4, 0.5) is 4.79 Å². The van der Waals surface area contributed by atoms with Crippen molar-refractivity contribution >= 4 is 33.9 Å². The Kier molecular flexibility index (Phi) is 4.64. The molecule has 2 rings (SSSR count). The van der Waals surface area contributed by atoms with Crippen molar-refractivity contribution in [2.45, 2.75) is 0 Å². The van der Waals surface area contributed by atoms with Gasteiger partial charge in [0.25, 0.3) is 5.91 Å². The first kappa shape index (κ1) is 15.1. The van der Waals surface area contributed by atoms with Crippen molar-refractivity contribution in [3.63, 3.8) is 0 Å². The Morgan fingerprint density at radius 1 is 1.29 bits per heavy atom. The molecule has 0 unspecified atom stereocenters. The number of hydrogen-bond donors (Lipinski definition) is 2. The van der Waals surface area contributed by atoms with Gasteiger partial charge in [0.2, 0.25) is 0 Å². The van der Waals surface area contributed by atoms with Crippen LogP contribution in [0.2, 0.25) is 0 Å². The molecule has 1 fully saturated rings. The molecule has 1 aliphatic heterocycles. The third kappa shape index (κ3) is 3.43. The highest BCUT2D eigenvalue weighted by molar-refractivity contribution is 9.10. The molecule has 0 aliphatic carbocycles. The molecule has 6 nitrogen and oxygen atoms in total. The summed E-state index contributed by atoms with van der Waals surface area (Å²) in [5.74, 6) is 0.584. The number of nitrogens with one attached hydrogen (secondary N) is 2. The second kappa shape index (κ2) is 6.45. The van der Waals surface area contributed by atoms with Crippen molar-refractivity contribution in [3.05, 3.63) is 40.5 Å². The van der Waals surface area contributed by atoms with Crippen molar-refractivity contribution < 1.29 is 19.1 Å². The quantitative estimate of drug-likeness (QED) is 0.483. The van der Waals surface area contributed by atoms with Crippen LogP contribution in [0.3, 0.4) is 0 Å². The maximum Gasteiger partial charge on any atom is 0.326 e. The van der Waals surface area contributed by atoms with Crippen LogP contribution in [0.15, 0.2) is 35.0 Å². The van der Waals surface area contributed by atoms with Crippen molar-refractivity contribution in [2.75, 3.05) is 13.7 Å². The van der Waals surface area contributed by atoms with Gasteiger partial charge in [-0.1, -0.05) is 28.6 Å². The number of hydrogen-bond acceptors (Lipinski definition) is 4. The van der Waals surface area contributed by atoms with Crippen LogP contribution < -0.4 is 20.1 Å². The second-order valence-corrected chi connectivity index (χ2v) is 4.94. The summed E-state index contributed by atoms with van der Waals surface area (Å²) < 4.78 is 11.4. The predicted octanol–water partition coefficient (Wildman–Crippen LogP) is 2.20. The number of carbonyl (C=O) groups excluding carboxylic acids is 2. The topological polar surface area (TPSA) is 76.7 Å². The Labute approximate surface area is 129 Å². The molecule has 1 aliphatic rings. The van der Waals surface area contributed by atoms with Crippen molar-refractivity contribution in [1.82, 2.24) is 10.6 Å². The summed E-state index contributed by atoms with van der Waals surface area (Å²) in [5.41, 5.74) is 0.840. The first-order chi connectivity index (χ1) is 10.0. The van der Waals surface area contributed by atoms with E-state index in [1.165, 1.54) is 7.11 Å². The van der Waals surface area contributed by atoms with Crippen LogP contribution in [0.5, 0.6) is 11.5 Å². The molecule has 0 radical (unpaired) electrons. The largest absolute Gasteiger partial charge is 0.493 e. The number of benzene rings is 1. The van der Waals surface area contributed by atoms with Crippen LogP contribution >= 0.6 is 15.9 Å². The minimum atomic E-state index is -0.541. The highest BCUT2D eigenvalue weighted by Gasteiger charge is 2.23. The van der Waals surface area contributed by atoms with Crippen molar-refractivity contribution in [2.24, 2.45) is 0 Å². The highest BCUT2D eigenvalue weighted by atomic mass is 79.9. The van der Waals surface area contributed by atoms with E-state index < -0.39 is 11.9 Å². The fourth-order valence-corrected chi connectivity index (χ4v) is 2.16. The standard InChI is InChI=1S/C14H13BrN2O4/c1-3-4-21-12-7-9(15)8(6-11(12)20-2)5-10-13(18)17-14(19)16-10/h3,5-7H,1,4H2,2H3,(H2,16,17,18,19)/b10-5+. The lowest BCUT2D eigenvalue weighted by molar-refractivity contribution is -0.115. The molecule has 1 aromatic carbocycles. The first-order valence-electron chi connectivity index (χ1n) is 6.00. The summed E-state index contributed by atoms with van der Waals surface area (Å²) in [6.45, 7) is 3.93. The minimum Gasteiger partial charge on any atom is -0.493 e. The Balaban J connectivity index is 2.36. The average molecular weight is 353 g/mol. The van der Waals surface area contributed by atoms with Gasteiger partial charge < -0.3 is 14.8 Å². The van der Waals surface area contributed by atoms with E-state index >= 15 is 0 Å². The van der Waals surface area contributed by atoms with Gasteiger partial charge in [-0.15, -0.1) is 0 Å². The Hall–Kier alpha value is -2.28. The van der Waals surface area contributed by atoms with Crippen LogP contribution in [0.25, 0.3) is 6.08 Å². The zero-order valence-electron chi connectivity index (χ0n) is 11.2. The lowest BCUT2D eigenvalue weighted by Gasteiger charge is -2.11. The van der Waals surface area contributed by atoms with E-state index in [9.17, 15) is 9.59 Å². The smallest absolute Gasteiger partial charge is 0.326 e. The maximum absolute atomic E-state index is 11.5. The first-order valence-corrected chi connectivity index (χ1v) is 6.79. The summed E-state index contributed by atoms with van der Waals surface area (Å²) in [7, 11) is 1.52. The molecule has 110 valence electrons. The zero-order valence-corrected chi connectivity index (χ0v) is 12.8. The number of ether oxygens (including phenoxy) is 2. The number of amides is 3. The van der Waals surface area contributed by atoms with Crippen LogP contribution in [0, 0.1) is 0 Å². The Bertz CT molecular complexity index is 640. The summed E-state index contributed by atoms with van der Waals surface area (Å²) in [6, 6.07) is 2.89. The van der Waals surface area contributed by atoms with Crippen molar-refractivity contribution in [1.29, 1.82) is 0 Å². The number of imide groups is 1. The molecular formula is C14H13BrN2O4. The fraction of sp³-hybridized carbons (Fsp3) is 0.143. The number of halogens is 1. The Morgan fingerprint density at radius 3 is 2.62 bits per heavy atom. The second-order valence-electron chi connectivity index (χ2n) is 4.09. The van der Waals surface area contributed by atoms with Gasteiger partial charge in [-0.25, -0.2) is 4.79 Å². The third-order valence-electron chi connectivity index (χ3n) is 2.66. The normalized spacial score (nSPS) is 15.6. The van der Waals surface area contributed by atoms with Gasteiger partial charge in [0, 0.05) is 4.47 Å². The molecule has 0 spiro atoms. The van der Waals surface area contributed by atoms with Gasteiger partial charge in [-0.05, 0) is 23.8 Å². The van der Waals surface area contributed by atoms with Crippen LogP contribution in [0.1, 0.15) is 5.56 Å². The van der Waals surface area contributed by atoms with E-state index in [-0.39, 0.29) is 5.70 Å². The third-order valence-corrected chi connectivity index (χ3v) is 3.35. The molecule has 1 heterocycles. The number of rotatable bonds is 5. The summed E-state index contributed by atoms with van der Waals surface area (Å²) in [6.07, 6.45) is 3.17. The number of carbonyl (C=O) groups is 2. The monoisotopic (exact) mass is 352 g/mol. The van der Waals surface area contributed by atoms with E-state index in [1.807, 2.05) is 0 Å². The van der Waals surface area contributed by atoms with Gasteiger partial charge in [0.05, 0.1) is 7.11 Å². The highest BCUT2D eigenvalue weighted by Crippen LogP contribution is 2.34. The summed E-state index contributed by atoms with van der Waals surface area (Å²) in [5, 5.41) is 4.56. The molecular weight excluding hydrogens is 340 g/mol. The predicted molar refractivity (Wildman–Crippen MR) is 81.0 cm³/mol. The van der Waals surface area contributed by atoms with Gasteiger partial charge >= 0.3 is 6.03 Å². The maximum atomic E-state index is 11.5. The van der Waals surface area contributed by atoms with E-state index in [4.69, 9.17) is 9.47 Å². The molecule has 21 heavy (non-hydrogen) atoms. The number of methoxy groups -OCH3 is 1. The lowest BCUT2D eigenvalue weighted by atomic mass is 10.1. The summed E-state index contributed by atoms with van der Waals surface area (Å²) >= 11 is 3.39. The average Bonchev–Trinajstić information content (AvgIpc) is 2.77. The lowest BCUT2D eigenvalue weighted by Crippen LogP contribution is -2.22.